The molecule has 0 spiro atoms. The molecule has 2 aromatic carbocycles. The van der Waals surface area contributed by atoms with E-state index in [-0.39, 0.29) is 23.7 Å². The highest BCUT2D eigenvalue weighted by molar-refractivity contribution is 8.13. The smallest absolute Gasteiger partial charge is 0.328 e. The number of nitrogens with one attached hydrogen (secondary N) is 1. The van der Waals surface area contributed by atoms with Crippen LogP contribution < -0.4 is 5.32 Å². The number of halogens is 1. The Balaban J connectivity index is 1.73. The first-order valence-corrected chi connectivity index (χ1v) is 12.5. The fourth-order valence-corrected chi connectivity index (χ4v) is 4.75. The molecule has 178 valence electrons. The summed E-state index contributed by atoms with van der Waals surface area (Å²) >= 11 is 2.55. The second kappa shape index (κ2) is 12.4. The number of amides is 1. The highest BCUT2D eigenvalue weighted by Gasteiger charge is 2.27. The number of nitrogens with zero attached hydrogens (tertiary/aromatic N) is 1. The first-order valence-electron chi connectivity index (χ1n) is 10.6. The molecule has 0 aliphatic heterocycles. The van der Waals surface area contributed by atoms with Gasteiger partial charge in [0.15, 0.2) is 5.12 Å². The van der Waals surface area contributed by atoms with Gasteiger partial charge in [0, 0.05) is 36.2 Å². The summed E-state index contributed by atoms with van der Waals surface area (Å²) in [4.78, 5) is 41.4. The first-order chi connectivity index (χ1) is 16.4. The first kappa shape index (κ1) is 25.6. The van der Waals surface area contributed by atoms with E-state index in [1.807, 2.05) is 29.6 Å². The van der Waals surface area contributed by atoms with E-state index in [9.17, 15) is 18.8 Å². The van der Waals surface area contributed by atoms with Crippen LogP contribution in [0.5, 0.6) is 0 Å². The lowest BCUT2D eigenvalue weighted by Gasteiger charge is -2.21. The lowest BCUT2D eigenvalue weighted by atomic mass is 9.98. The predicted octanol–water partition coefficient (Wildman–Crippen LogP) is 4.29. The van der Waals surface area contributed by atoms with Gasteiger partial charge in [-0.25, -0.2) is 14.2 Å². The van der Waals surface area contributed by atoms with Crippen molar-refractivity contribution in [1.29, 1.82) is 0 Å². The maximum absolute atomic E-state index is 13.6. The van der Waals surface area contributed by atoms with Crippen molar-refractivity contribution >= 4 is 40.1 Å². The monoisotopic (exact) mass is 500 g/mol. The Kier molecular flexibility index (Phi) is 9.35. The summed E-state index contributed by atoms with van der Waals surface area (Å²) in [7, 11) is 1.27. The van der Waals surface area contributed by atoms with E-state index in [0.29, 0.717) is 5.56 Å². The van der Waals surface area contributed by atoms with Crippen molar-refractivity contribution in [1.82, 2.24) is 10.3 Å². The Morgan fingerprint density at radius 2 is 1.88 bits per heavy atom. The molecular formula is C25H25FN2O4S2. The van der Waals surface area contributed by atoms with Crippen molar-refractivity contribution in [3.63, 3.8) is 0 Å². The zero-order valence-corrected chi connectivity index (χ0v) is 20.5. The summed E-state index contributed by atoms with van der Waals surface area (Å²) in [6, 6.07) is 12.7. The summed E-state index contributed by atoms with van der Waals surface area (Å²) in [6.45, 7) is 1.43. The van der Waals surface area contributed by atoms with E-state index in [2.05, 4.69) is 10.3 Å². The molecule has 2 atom stereocenters. The van der Waals surface area contributed by atoms with E-state index < -0.39 is 29.7 Å². The molecule has 0 saturated carbocycles. The second-order valence-electron chi connectivity index (χ2n) is 7.66. The maximum atomic E-state index is 13.6. The number of carbonyl (C=O) groups excluding carboxylic acids is 3. The van der Waals surface area contributed by atoms with Crippen LogP contribution in [0.15, 0.2) is 60.1 Å². The number of methoxy groups -OCH3 is 1. The Labute approximate surface area is 205 Å². The fraction of sp³-hybridized carbons (Fsp3) is 0.280. The van der Waals surface area contributed by atoms with Crippen LogP contribution in [0.4, 0.5) is 4.39 Å². The average molecular weight is 501 g/mol. The van der Waals surface area contributed by atoms with Gasteiger partial charge < -0.3 is 10.1 Å². The van der Waals surface area contributed by atoms with Crippen LogP contribution in [0, 0.1) is 11.7 Å². The Bertz CT molecular complexity index is 1120. The molecule has 1 heterocycles. The molecule has 9 heteroatoms. The highest BCUT2D eigenvalue weighted by atomic mass is 32.2. The lowest BCUT2D eigenvalue weighted by molar-refractivity contribution is -0.145. The minimum atomic E-state index is -0.902. The number of aromatic nitrogens is 1. The zero-order valence-electron chi connectivity index (χ0n) is 18.8. The topological polar surface area (TPSA) is 85.4 Å². The Hall–Kier alpha value is -3.04. The van der Waals surface area contributed by atoms with Crippen LogP contribution in [-0.2, 0) is 32.0 Å². The largest absolute Gasteiger partial charge is 0.467 e. The van der Waals surface area contributed by atoms with Gasteiger partial charge in [-0.05, 0) is 29.7 Å². The molecule has 6 nitrogen and oxygen atoms in total. The van der Waals surface area contributed by atoms with Gasteiger partial charge in [-0.3, -0.25) is 9.59 Å². The van der Waals surface area contributed by atoms with Gasteiger partial charge in [-0.2, -0.15) is 0 Å². The van der Waals surface area contributed by atoms with Crippen LogP contribution in [0.2, 0.25) is 0 Å². The molecule has 0 saturated heterocycles. The Morgan fingerprint density at radius 3 is 2.50 bits per heavy atom. The minimum absolute atomic E-state index is 0.123. The van der Waals surface area contributed by atoms with E-state index in [1.54, 1.807) is 18.3 Å². The summed E-state index contributed by atoms with van der Waals surface area (Å²) in [5, 5.41) is 5.45. The molecular weight excluding hydrogens is 475 g/mol. The van der Waals surface area contributed by atoms with Gasteiger partial charge in [-0.1, -0.05) is 48.2 Å². The molecule has 3 aromatic rings. The molecule has 34 heavy (non-hydrogen) atoms. The van der Waals surface area contributed by atoms with Crippen LogP contribution in [0.25, 0.3) is 10.6 Å². The van der Waals surface area contributed by atoms with Crippen molar-refractivity contribution in [2.45, 2.75) is 25.8 Å². The number of thiazole rings is 1. The lowest BCUT2D eigenvalue weighted by Crippen LogP contribution is -2.46. The van der Waals surface area contributed by atoms with Gasteiger partial charge >= 0.3 is 5.97 Å². The number of rotatable bonds is 10. The minimum Gasteiger partial charge on any atom is -0.467 e. The summed E-state index contributed by atoms with van der Waals surface area (Å²) < 4.78 is 18.5. The van der Waals surface area contributed by atoms with E-state index in [4.69, 9.17) is 4.74 Å². The van der Waals surface area contributed by atoms with E-state index >= 15 is 0 Å². The Morgan fingerprint density at radius 1 is 1.12 bits per heavy atom. The average Bonchev–Trinajstić information content (AvgIpc) is 3.36. The number of hydrogen-bond donors (Lipinski definition) is 1. The second-order valence-corrected chi connectivity index (χ2v) is 9.75. The molecule has 0 aliphatic rings. The van der Waals surface area contributed by atoms with Crippen LogP contribution in [0.3, 0.4) is 0 Å². The van der Waals surface area contributed by atoms with Gasteiger partial charge in [0.1, 0.15) is 16.9 Å². The SMILES string of the molecule is COC(=O)[C@H](Cc1ccc(-c2nccs2)cc1)NC(=O)C(CSC(C)=O)Cc1cccc(F)c1. The molecule has 1 amide bonds. The highest BCUT2D eigenvalue weighted by Crippen LogP contribution is 2.22. The predicted molar refractivity (Wildman–Crippen MR) is 132 cm³/mol. The molecule has 0 fully saturated rings. The number of ether oxygens (including phenoxy) is 1. The van der Waals surface area contributed by atoms with Gasteiger partial charge in [-0.15, -0.1) is 11.3 Å². The third-order valence-corrected chi connectivity index (χ3v) is 6.90. The number of benzene rings is 2. The van der Waals surface area contributed by atoms with Crippen molar-refractivity contribution in [3.05, 3.63) is 77.1 Å². The van der Waals surface area contributed by atoms with Gasteiger partial charge in [0.25, 0.3) is 0 Å². The van der Waals surface area contributed by atoms with Crippen molar-refractivity contribution in [2.24, 2.45) is 5.92 Å². The summed E-state index contributed by atoms with van der Waals surface area (Å²) in [5.74, 6) is -1.78. The number of carbonyl (C=O) groups is 3. The van der Waals surface area contributed by atoms with Crippen LogP contribution >= 0.6 is 23.1 Å². The van der Waals surface area contributed by atoms with Crippen molar-refractivity contribution in [3.8, 4) is 10.6 Å². The third-order valence-electron chi connectivity index (χ3n) is 5.10. The maximum Gasteiger partial charge on any atom is 0.328 e. The van der Waals surface area contributed by atoms with Crippen LogP contribution in [-0.4, -0.2) is 40.9 Å². The van der Waals surface area contributed by atoms with Crippen molar-refractivity contribution in [2.75, 3.05) is 12.9 Å². The molecule has 0 bridgehead atoms. The number of thioether (sulfide) groups is 1. The quantitative estimate of drug-likeness (QED) is 0.418. The molecule has 0 aliphatic carbocycles. The number of esters is 1. The molecule has 1 N–H and O–H groups in total. The van der Waals surface area contributed by atoms with E-state index in [0.717, 1.165) is 27.9 Å². The van der Waals surface area contributed by atoms with Gasteiger partial charge in [0.05, 0.1) is 13.0 Å². The molecule has 1 aromatic heterocycles. The van der Waals surface area contributed by atoms with E-state index in [1.165, 1.54) is 37.5 Å². The fourth-order valence-electron chi connectivity index (χ4n) is 3.40. The molecule has 1 unspecified atom stereocenters. The normalized spacial score (nSPS) is 12.6. The van der Waals surface area contributed by atoms with Gasteiger partial charge in [0.2, 0.25) is 5.91 Å². The number of hydrogen-bond acceptors (Lipinski definition) is 7. The van der Waals surface area contributed by atoms with Crippen molar-refractivity contribution < 1.29 is 23.5 Å². The zero-order chi connectivity index (χ0) is 24.5. The standard InChI is InChI=1S/C25H25FN2O4S2/c1-16(29)34-15-20(12-18-4-3-5-21(26)13-18)23(30)28-22(25(31)32-2)14-17-6-8-19(9-7-17)24-27-10-11-33-24/h3-11,13,20,22H,12,14-15H2,1-2H3,(H,28,30)/t20?,22-/m0/s1. The van der Waals surface area contributed by atoms with Crippen LogP contribution in [0.1, 0.15) is 18.1 Å². The molecule has 0 radical (unpaired) electrons. The molecule has 3 rings (SSSR count). The third kappa shape index (κ3) is 7.50. The summed E-state index contributed by atoms with van der Waals surface area (Å²) in [6.07, 6.45) is 2.21. The summed E-state index contributed by atoms with van der Waals surface area (Å²) in [5.41, 5.74) is 2.45.